The number of hydrogen-bond acceptors (Lipinski definition) is 11. The quantitative estimate of drug-likeness (QED) is 0.216. The van der Waals surface area contributed by atoms with Gasteiger partial charge in [0.1, 0.15) is 17.5 Å². The van der Waals surface area contributed by atoms with Crippen LogP contribution in [0.5, 0.6) is 0 Å². The molecule has 11 nitrogen and oxygen atoms in total. The van der Waals surface area contributed by atoms with Crippen molar-refractivity contribution in [3.63, 3.8) is 0 Å². The van der Waals surface area contributed by atoms with Crippen molar-refractivity contribution in [1.82, 2.24) is 0 Å². The van der Waals surface area contributed by atoms with Gasteiger partial charge in [0.15, 0.2) is 11.6 Å². The first-order chi connectivity index (χ1) is 26.1. The average molecular weight is 791 g/mol. The number of fused-ring (bicyclic) bond motifs is 2. The monoisotopic (exact) mass is 791 g/mol. The fraction of sp³-hybridized carbons (Fsp3) is 0.800. The number of aliphatic hydroxyl groups excluding tert-OH is 4. The molecule has 2 fully saturated rings. The fourth-order valence-electron chi connectivity index (χ4n) is 9.01. The van der Waals surface area contributed by atoms with Crippen LogP contribution in [0.2, 0.25) is 0 Å². The van der Waals surface area contributed by atoms with E-state index in [0.29, 0.717) is 25.7 Å². The Balaban J connectivity index is 1.99. The first-order valence-electron chi connectivity index (χ1n) is 21.2. The molecule has 0 radical (unpaired) electrons. The zero-order valence-corrected chi connectivity index (χ0v) is 35.8. The van der Waals surface area contributed by atoms with Crippen LogP contribution in [0.4, 0.5) is 0 Å². The number of ether oxygens (including phenoxy) is 3. The van der Waals surface area contributed by atoms with E-state index in [2.05, 4.69) is 19.9 Å². The number of carbonyl (C=O) groups excluding carboxylic acids is 3. The number of Topliss-reactive ketones (excluding diaryl/α,β-unsaturated/α-hetero) is 2. The number of rotatable bonds is 3. The number of esters is 1. The standard InChI is InChI=1S/C45H74O11/c1-12-34-17-15-13-14-16-27(4)42(51)44(11,53)43(52)32(9)40(50)31(8)39(49)30(7)38(48)26(3)18-21-37(47)54-41-29(6)35(20-19-34)55-45(33(41)10)23-22-25(2)36(56-45)24-28(5)46/h13-15,17-18,21,25-36,38,40-42,46,48,50-51,53H,12,16,19-20,22-24H2,1-11H3/b14-13+,17-15+,21-18+/t25-,26-,27+,28+,29+,30-,31-,32-,33-,34-,35-,36-,38+,40?,41+,42?,44+,45-/m1/s1. The molecule has 0 aromatic heterocycles. The van der Waals surface area contributed by atoms with E-state index in [1.807, 2.05) is 32.1 Å². The second kappa shape index (κ2) is 20.6. The summed E-state index contributed by atoms with van der Waals surface area (Å²) in [6, 6.07) is 0. The summed E-state index contributed by atoms with van der Waals surface area (Å²) in [5.74, 6) is -7.28. The molecule has 3 aliphatic heterocycles. The van der Waals surface area contributed by atoms with Crippen molar-refractivity contribution in [2.45, 2.75) is 175 Å². The molecule has 56 heavy (non-hydrogen) atoms. The van der Waals surface area contributed by atoms with Gasteiger partial charge in [-0.15, -0.1) is 0 Å². The SMILES string of the molecule is CC[C@@H]1/C=C/C=C/C[C@H](C)C(O)[C@](C)(O)C(=O)[C@H](C)C(O)[C@H](C)C(=O)[C@H](C)[C@@H](O)[C@H](C)/C=C/C(=O)O[C@H]2[C@@H](C)[C@@H](CC1)O[C@@]1(CC[C@@H](C)[C@@H](C[C@H](C)O)O1)[C@@H]2C. The van der Waals surface area contributed by atoms with Crippen LogP contribution < -0.4 is 0 Å². The highest BCUT2D eigenvalue weighted by Crippen LogP contribution is 2.49. The van der Waals surface area contributed by atoms with Gasteiger partial charge < -0.3 is 39.7 Å². The predicted molar refractivity (Wildman–Crippen MR) is 215 cm³/mol. The minimum atomic E-state index is -2.18. The summed E-state index contributed by atoms with van der Waals surface area (Å²) in [6.07, 6.45) is 9.62. The topological polar surface area (TPSA) is 180 Å². The van der Waals surface area contributed by atoms with E-state index in [0.717, 1.165) is 19.3 Å². The van der Waals surface area contributed by atoms with Crippen LogP contribution in [0.15, 0.2) is 36.5 Å². The molecule has 1 spiro atoms. The maximum atomic E-state index is 13.5. The van der Waals surface area contributed by atoms with Crippen molar-refractivity contribution in [2.24, 2.45) is 53.3 Å². The number of allylic oxidation sites excluding steroid dienone is 4. The van der Waals surface area contributed by atoms with Gasteiger partial charge in [-0.05, 0) is 70.1 Å². The minimum absolute atomic E-state index is 0.168. The number of carbonyl (C=O) groups is 3. The van der Waals surface area contributed by atoms with Crippen molar-refractivity contribution >= 4 is 17.5 Å². The van der Waals surface area contributed by atoms with Crippen molar-refractivity contribution in [2.75, 3.05) is 0 Å². The molecule has 320 valence electrons. The molecule has 0 amide bonds. The van der Waals surface area contributed by atoms with E-state index in [4.69, 9.17) is 14.2 Å². The Morgan fingerprint density at radius 2 is 1.48 bits per heavy atom. The third-order valence-electron chi connectivity index (χ3n) is 13.4. The van der Waals surface area contributed by atoms with Crippen LogP contribution >= 0.6 is 0 Å². The average Bonchev–Trinajstić information content (AvgIpc) is 3.16. The lowest BCUT2D eigenvalue weighted by atomic mass is 9.74. The van der Waals surface area contributed by atoms with Crippen LogP contribution in [0.3, 0.4) is 0 Å². The Bertz CT molecular complexity index is 1390. The van der Waals surface area contributed by atoms with E-state index in [1.54, 1.807) is 20.8 Å². The Labute approximate surface area is 336 Å². The number of ketones is 2. The maximum absolute atomic E-state index is 13.5. The first-order valence-corrected chi connectivity index (χ1v) is 21.2. The lowest BCUT2D eigenvalue weighted by molar-refractivity contribution is -0.371. The van der Waals surface area contributed by atoms with Gasteiger partial charge in [-0.3, -0.25) is 9.59 Å². The van der Waals surface area contributed by atoms with E-state index in [1.165, 1.54) is 39.8 Å². The van der Waals surface area contributed by atoms with Gasteiger partial charge in [0.25, 0.3) is 0 Å². The van der Waals surface area contributed by atoms with E-state index >= 15 is 0 Å². The third-order valence-corrected chi connectivity index (χ3v) is 13.4. The highest BCUT2D eigenvalue weighted by Gasteiger charge is 2.56. The summed E-state index contributed by atoms with van der Waals surface area (Å²) in [4.78, 5) is 40.5. The van der Waals surface area contributed by atoms with Crippen LogP contribution in [0.25, 0.3) is 0 Å². The lowest BCUT2D eigenvalue weighted by Gasteiger charge is -2.55. The maximum Gasteiger partial charge on any atom is 0.330 e. The van der Waals surface area contributed by atoms with Crippen molar-refractivity contribution < 1.29 is 54.1 Å². The van der Waals surface area contributed by atoms with Gasteiger partial charge in [-0.1, -0.05) is 92.7 Å². The minimum Gasteiger partial charge on any atom is -0.458 e. The smallest absolute Gasteiger partial charge is 0.330 e. The van der Waals surface area contributed by atoms with Crippen LogP contribution in [0.1, 0.15) is 121 Å². The van der Waals surface area contributed by atoms with Gasteiger partial charge in [0, 0.05) is 48.0 Å². The van der Waals surface area contributed by atoms with Gasteiger partial charge in [-0.25, -0.2) is 4.79 Å². The van der Waals surface area contributed by atoms with E-state index in [9.17, 15) is 39.9 Å². The molecule has 3 rings (SSSR count). The molecule has 2 saturated heterocycles. The van der Waals surface area contributed by atoms with Crippen molar-refractivity contribution in [1.29, 1.82) is 0 Å². The van der Waals surface area contributed by atoms with Crippen molar-refractivity contribution in [3.05, 3.63) is 36.5 Å². The van der Waals surface area contributed by atoms with Gasteiger partial charge in [0.05, 0.1) is 36.6 Å². The van der Waals surface area contributed by atoms with Gasteiger partial charge in [-0.2, -0.15) is 0 Å². The number of aliphatic hydroxyl groups is 5. The second-order valence-electron chi connectivity index (χ2n) is 18.0. The summed E-state index contributed by atoms with van der Waals surface area (Å²) >= 11 is 0. The molecular formula is C45H74O11. The van der Waals surface area contributed by atoms with E-state index in [-0.39, 0.29) is 35.9 Å². The molecule has 5 N–H and O–H groups in total. The Morgan fingerprint density at radius 1 is 0.839 bits per heavy atom. The molecule has 18 atom stereocenters. The lowest BCUT2D eigenvalue weighted by Crippen LogP contribution is -2.62. The van der Waals surface area contributed by atoms with Crippen LogP contribution in [-0.2, 0) is 28.6 Å². The van der Waals surface area contributed by atoms with Crippen LogP contribution in [-0.4, -0.2) is 97.2 Å². The largest absolute Gasteiger partial charge is 0.458 e. The normalized spacial score (nSPS) is 46.8. The summed E-state index contributed by atoms with van der Waals surface area (Å²) in [7, 11) is 0. The summed E-state index contributed by atoms with van der Waals surface area (Å²) in [6.45, 7) is 19.1. The molecule has 2 bridgehead atoms. The first kappa shape index (κ1) is 48.1. The highest BCUT2D eigenvalue weighted by molar-refractivity contribution is 5.91. The Hall–Kier alpha value is -2.25. The molecule has 3 heterocycles. The Kier molecular flexibility index (Phi) is 17.7. The molecule has 0 aliphatic carbocycles. The molecular weight excluding hydrogens is 716 g/mol. The van der Waals surface area contributed by atoms with Crippen LogP contribution in [0, 0.1) is 53.3 Å². The zero-order chi connectivity index (χ0) is 42.3. The third kappa shape index (κ3) is 11.5. The molecule has 3 aliphatic rings. The summed E-state index contributed by atoms with van der Waals surface area (Å²) < 4.78 is 20.0. The predicted octanol–water partition coefficient (Wildman–Crippen LogP) is 5.88. The molecule has 11 heteroatoms. The Morgan fingerprint density at radius 3 is 2.11 bits per heavy atom. The summed E-state index contributed by atoms with van der Waals surface area (Å²) in [5, 5.41) is 55.0. The van der Waals surface area contributed by atoms with Gasteiger partial charge >= 0.3 is 5.97 Å². The van der Waals surface area contributed by atoms with Gasteiger partial charge in [0.2, 0.25) is 0 Å². The molecule has 0 aromatic rings. The summed E-state index contributed by atoms with van der Waals surface area (Å²) in [5.41, 5.74) is -2.18. The second-order valence-corrected chi connectivity index (χ2v) is 18.0. The molecule has 0 saturated carbocycles. The fourth-order valence-corrected chi connectivity index (χ4v) is 9.01. The van der Waals surface area contributed by atoms with Crippen molar-refractivity contribution in [3.8, 4) is 0 Å². The molecule has 0 aromatic carbocycles. The number of hydrogen-bond donors (Lipinski definition) is 5. The molecule has 2 unspecified atom stereocenters. The highest BCUT2D eigenvalue weighted by atomic mass is 16.7. The zero-order valence-electron chi connectivity index (χ0n) is 35.8. The van der Waals surface area contributed by atoms with E-state index < -0.39 is 89.0 Å².